The SMILES string of the molecule is CC.CCCCC1CSc2ccc(N(C)C)cc2[C@@H](C)C1.Nc1ccccc1. The number of nitrogen functional groups attached to an aromatic ring is 1. The molecule has 0 radical (unpaired) electrons. The van der Waals surface area contributed by atoms with Gasteiger partial charge in [0.1, 0.15) is 0 Å². The van der Waals surface area contributed by atoms with Crippen molar-refractivity contribution < 1.29 is 0 Å². The Hall–Kier alpha value is -1.61. The third kappa shape index (κ3) is 8.18. The topological polar surface area (TPSA) is 29.3 Å². The van der Waals surface area contributed by atoms with Crippen LogP contribution in [0.1, 0.15) is 64.9 Å². The summed E-state index contributed by atoms with van der Waals surface area (Å²) in [6.07, 6.45) is 5.48. The highest BCUT2D eigenvalue weighted by molar-refractivity contribution is 7.99. The van der Waals surface area contributed by atoms with Crippen molar-refractivity contribution in [3.05, 3.63) is 54.1 Å². The van der Waals surface area contributed by atoms with Gasteiger partial charge in [0.2, 0.25) is 0 Å². The van der Waals surface area contributed by atoms with Crippen LogP contribution in [0.25, 0.3) is 0 Å². The smallest absolute Gasteiger partial charge is 0.0364 e. The van der Waals surface area contributed by atoms with Crippen molar-refractivity contribution in [1.29, 1.82) is 0 Å². The molecule has 156 valence electrons. The number of benzene rings is 2. The minimum absolute atomic E-state index is 0.701. The summed E-state index contributed by atoms with van der Waals surface area (Å²) in [6.45, 7) is 8.70. The molecule has 1 heterocycles. The maximum Gasteiger partial charge on any atom is 0.0364 e. The third-order valence-corrected chi connectivity index (χ3v) is 6.29. The Morgan fingerprint density at radius 3 is 2.29 bits per heavy atom. The number of thioether (sulfide) groups is 1. The van der Waals surface area contributed by atoms with Crippen molar-refractivity contribution in [3.63, 3.8) is 0 Å². The lowest BCUT2D eigenvalue weighted by Gasteiger charge is -2.19. The summed E-state index contributed by atoms with van der Waals surface area (Å²) >= 11 is 2.07. The highest BCUT2D eigenvalue weighted by Crippen LogP contribution is 2.41. The van der Waals surface area contributed by atoms with E-state index in [0.29, 0.717) is 5.92 Å². The second-order valence-electron chi connectivity index (χ2n) is 7.48. The number of para-hydroxylation sites is 1. The van der Waals surface area contributed by atoms with E-state index < -0.39 is 0 Å². The first kappa shape index (κ1) is 24.4. The van der Waals surface area contributed by atoms with E-state index in [4.69, 9.17) is 5.73 Å². The third-order valence-electron chi connectivity index (χ3n) is 4.97. The lowest BCUT2D eigenvalue weighted by molar-refractivity contribution is 0.447. The molecule has 2 N–H and O–H groups in total. The van der Waals surface area contributed by atoms with Crippen LogP contribution in [-0.2, 0) is 0 Å². The van der Waals surface area contributed by atoms with E-state index in [9.17, 15) is 0 Å². The quantitative estimate of drug-likeness (QED) is 0.540. The number of hydrogen-bond acceptors (Lipinski definition) is 3. The van der Waals surface area contributed by atoms with Gasteiger partial charge in [0, 0.05) is 36.1 Å². The number of nitrogens with zero attached hydrogens (tertiary/aromatic N) is 1. The molecule has 0 saturated carbocycles. The van der Waals surface area contributed by atoms with Crippen LogP contribution in [0.3, 0.4) is 0 Å². The molecule has 0 fully saturated rings. The fourth-order valence-corrected chi connectivity index (χ4v) is 4.69. The van der Waals surface area contributed by atoms with E-state index in [0.717, 1.165) is 11.6 Å². The summed E-state index contributed by atoms with van der Waals surface area (Å²) in [5.41, 5.74) is 9.08. The molecule has 1 unspecified atom stereocenters. The first-order valence-corrected chi connectivity index (χ1v) is 11.7. The predicted octanol–water partition coefficient (Wildman–Crippen LogP) is 7.45. The number of unbranched alkanes of at least 4 members (excludes halogenated alkanes) is 1. The van der Waals surface area contributed by atoms with Crippen molar-refractivity contribution in [2.24, 2.45) is 5.92 Å². The molecule has 0 spiro atoms. The number of hydrogen-bond donors (Lipinski definition) is 1. The molecule has 1 aliphatic heterocycles. The van der Waals surface area contributed by atoms with Crippen molar-refractivity contribution in [3.8, 4) is 0 Å². The molecule has 2 aromatic rings. The number of rotatable bonds is 4. The Balaban J connectivity index is 0.000000363. The highest BCUT2D eigenvalue weighted by atomic mass is 32.2. The van der Waals surface area contributed by atoms with Crippen LogP contribution in [0.15, 0.2) is 53.4 Å². The molecule has 2 nitrogen and oxygen atoms in total. The predicted molar refractivity (Wildman–Crippen MR) is 130 cm³/mol. The zero-order valence-corrected chi connectivity index (χ0v) is 19.6. The molecular formula is C25H40N2S. The van der Waals surface area contributed by atoms with Crippen LogP contribution in [0, 0.1) is 5.92 Å². The van der Waals surface area contributed by atoms with Crippen LogP contribution in [0.2, 0.25) is 0 Å². The Morgan fingerprint density at radius 1 is 1.07 bits per heavy atom. The van der Waals surface area contributed by atoms with Crippen LogP contribution in [-0.4, -0.2) is 19.8 Å². The van der Waals surface area contributed by atoms with E-state index in [1.165, 1.54) is 42.0 Å². The molecule has 3 heteroatoms. The standard InChI is InChI=1S/C17H27NS.C6H7N.C2H6/c1-5-6-7-14-10-13(2)16-11-15(18(3)4)8-9-17(16)19-12-14;7-6-4-2-1-3-5-6;1-2/h8-9,11,13-14H,5-7,10,12H2,1-4H3;1-5H,7H2;1-2H3/t13-,14?;;/m0../s1. The van der Waals surface area contributed by atoms with E-state index >= 15 is 0 Å². The summed E-state index contributed by atoms with van der Waals surface area (Å²) in [4.78, 5) is 3.72. The molecule has 2 atom stereocenters. The minimum Gasteiger partial charge on any atom is -0.399 e. The van der Waals surface area contributed by atoms with Gasteiger partial charge >= 0.3 is 0 Å². The second kappa shape index (κ2) is 13.5. The van der Waals surface area contributed by atoms with Gasteiger partial charge in [-0.05, 0) is 60.6 Å². The van der Waals surface area contributed by atoms with E-state index in [-0.39, 0.29) is 0 Å². The summed E-state index contributed by atoms with van der Waals surface area (Å²) in [6, 6.07) is 16.5. The summed E-state index contributed by atoms with van der Waals surface area (Å²) in [7, 11) is 4.25. The molecule has 2 aromatic carbocycles. The van der Waals surface area contributed by atoms with Crippen LogP contribution in [0.5, 0.6) is 0 Å². The maximum atomic E-state index is 5.36. The zero-order valence-electron chi connectivity index (χ0n) is 18.7. The van der Waals surface area contributed by atoms with Crippen molar-refractivity contribution in [2.45, 2.75) is 64.2 Å². The monoisotopic (exact) mass is 400 g/mol. The summed E-state index contributed by atoms with van der Waals surface area (Å²) in [5.74, 6) is 2.90. The number of nitrogens with two attached hydrogens (primary N) is 1. The fraction of sp³-hybridized carbons (Fsp3) is 0.520. The van der Waals surface area contributed by atoms with Crippen LogP contribution >= 0.6 is 11.8 Å². The Bertz CT molecular complexity index is 655. The molecular weight excluding hydrogens is 360 g/mol. The van der Waals surface area contributed by atoms with Crippen molar-refractivity contribution in [2.75, 3.05) is 30.5 Å². The Labute approximate surface area is 177 Å². The van der Waals surface area contributed by atoms with Gasteiger partial charge in [-0.25, -0.2) is 0 Å². The van der Waals surface area contributed by atoms with Gasteiger partial charge in [-0.1, -0.05) is 58.7 Å². The molecule has 0 amide bonds. The highest BCUT2D eigenvalue weighted by Gasteiger charge is 2.22. The van der Waals surface area contributed by atoms with Gasteiger partial charge in [0.05, 0.1) is 0 Å². The zero-order chi connectivity index (χ0) is 20.9. The summed E-state index contributed by atoms with van der Waals surface area (Å²) < 4.78 is 0. The van der Waals surface area contributed by atoms with Gasteiger partial charge in [0.15, 0.2) is 0 Å². The Morgan fingerprint density at radius 2 is 1.75 bits per heavy atom. The molecule has 0 aromatic heterocycles. The normalized spacial score (nSPS) is 17.8. The fourth-order valence-electron chi connectivity index (χ4n) is 3.38. The molecule has 0 aliphatic carbocycles. The largest absolute Gasteiger partial charge is 0.399 e. The van der Waals surface area contributed by atoms with Gasteiger partial charge in [-0.2, -0.15) is 0 Å². The molecule has 1 aliphatic rings. The van der Waals surface area contributed by atoms with Crippen LogP contribution < -0.4 is 10.6 Å². The van der Waals surface area contributed by atoms with Gasteiger partial charge in [-0.3, -0.25) is 0 Å². The van der Waals surface area contributed by atoms with E-state index in [2.05, 4.69) is 62.8 Å². The molecule has 0 bridgehead atoms. The van der Waals surface area contributed by atoms with Crippen LogP contribution in [0.4, 0.5) is 11.4 Å². The second-order valence-corrected chi connectivity index (χ2v) is 8.55. The van der Waals surface area contributed by atoms with E-state index in [1.54, 1.807) is 5.56 Å². The maximum absolute atomic E-state index is 5.36. The van der Waals surface area contributed by atoms with Crippen molar-refractivity contribution >= 4 is 23.1 Å². The average molecular weight is 401 g/mol. The number of fused-ring (bicyclic) bond motifs is 1. The molecule has 0 saturated heterocycles. The van der Waals surface area contributed by atoms with Gasteiger partial charge < -0.3 is 10.6 Å². The van der Waals surface area contributed by atoms with E-state index in [1.807, 2.05) is 44.2 Å². The Kier molecular flexibility index (Phi) is 11.8. The first-order valence-electron chi connectivity index (χ1n) is 10.8. The first-order chi connectivity index (χ1) is 13.5. The number of anilines is 2. The van der Waals surface area contributed by atoms with Crippen molar-refractivity contribution in [1.82, 2.24) is 0 Å². The lowest BCUT2D eigenvalue weighted by atomic mass is 9.88. The van der Waals surface area contributed by atoms with Gasteiger partial charge in [0.25, 0.3) is 0 Å². The molecule has 28 heavy (non-hydrogen) atoms. The lowest BCUT2D eigenvalue weighted by Crippen LogP contribution is -2.10. The average Bonchev–Trinajstić information content (AvgIpc) is 2.87. The summed E-state index contributed by atoms with van der Waals surface area (Å²) in [5, 5.41) is 0. The molecule has 3 rings (SSSR count). The minimum atomic E-state index is 0.701. The van der Waals surface area contributed by atoms with Gasteiger partial charge in [-0.15, -0.1) is 11.8 Å².